The maximum atomic E-state index is 13.3. The third-order valence-corrected chi connectivity index (χ3v) is 4.95. The molecule has 0 aliphatic heterocycles. The van der Waals surface area contributed by atoms with Crippen molar-refractivity contribution in [3.8, 4) is 11.1 Å². The summed E-state index contributed by atoms with van der Waals surface area (Å²) in [6.45, 7) is 7.33. The third kappa shape index (κ3) is 3.46. The van der Waals surface area contributed by atoms with Crippen LogP contribution in [0.5, 0.6) is 0 Å². The number of carbonyl (C=O) groups is 1. The molecule has 2 N–H and O–H groups in total. The van der Waals surface area contributed by atoms with Crippen LogP contribution in [0.2, 0.25) is 5.02 Å². The van der Waals surface area contributed by atoms with E-state index < -0.39 is 11.6 Å². The van der Waals surface area contributed by atoms with Gasteiger partial charge in [0.1, 0.15) is 11.4 Å². The molecule has 3 aromatic carbocycles. The molecule has 4 nitrogen and oxygen atoms in total. The molecule has 4 aromatic rings. The van der Waals surface area contributed by atoms with Crippen LogP contribution in [0.15, 0.2) is 65.1 Å². The Kier molecular flexibility index (Phi) is 4.79. The number of anilines is 1. The quantitative estimate of drug-likeness (QED) is 0.329. The van der Waals surface area contributed by atoms with Crippen molar-refractivity contribution >= 4 is 34.0 Å². The van der Waals surface area contributed by atoms with Crippen LogP contribution in [-0.2, 0) is 6.54 Å². The predicted octanol–water partition coefficient (Wildman–Crippen LogP) is 6.12. The fourth-order valence-corrected chi connectivity index (χ4v) is 3.45. The molecule has 1 heterocycles. The van der Waals surface area contributed by atoms with E-state index >= 15 is 0 Å². The van der Waals surface area contributed by atoms with Gasteiger partial charge in [-0.3, -0.25) is 4.79 Å². The summed E-state index contributed by atoms with van der Waals surface area (Å²) in [5.74, 6) is -1.08. The first-order valence-corrected chi connectivity index (χ1v) is 9.10. The molecule has 0 saturated heterocycles. The number of hydrogen-bond acceptors (Lipinski definition) is 3. The van der Waals surface area contributed by atoms with Crippen LogP contribution in [-0.4, -0.2) is 5.78 Å². The first-order chi connectivity index (χ1) is 14.0. The summed E-state index contributed by atoms with van der Waals surface area (Å²) in [6.07, 6.45) is 0. The van der Waals surface area contributed by atoms with Gasteiger partial charge in [0.15, 0.2) is 5.76 Å². The highest BCUT2D eigenvalue weighted by Crippen LogP contribution is 2.34. The molecule has 29 heavy (non-hydrogen) atoms. The number of nitrogens with zero attached hydrogens (tertiary/aromatic N) is 1. The number of hydrogen-bond donors (Lipinski definition) is 1. The second kappa shape index (κ2) is 7.42. The number of nitrogens with two attached hydrogens (primary N) is 1. The van der Waals surface area contributed by atoms with E-state index in [4.69, 9.17) is 28.3 Å². The van der Waals surface area contributed by atoms with Crippen molar-refractivity contribution in [1.82, 2.24) is 0 Å². The molecule has 0 saturated carbocycles. The molecule has 6 heteroatoms. The van der Waals surface area contributed by atoms with E-state index in [2.05, 4.69) is 4.85 Å². The Hall–Kier alpha value is -3.62. The molecule has 1 aromatic heterocycles. The summed E-state index contributed by atoms with van der Waals surface area (Å²) in [4.78, 5) is 16.2. The average molecular weight is 405 g/mol. The molecule has 0 atom stereocenters. The van der Waals surface area contributed by atoms with Crippen molar-refractivity contribution in [3.05, 3.63) is 99.8 Å². The Morgan fingerprint density at radius 1 is 1.10 bits per heavy atom. The van der Waals surface area contributed by atoms with Crippen LogP contribution in [0.1, 0.15) is 21.7 Å². The van der Waals surface area contributed by atoms with Crippen LogP contribution in [0.4, 0.5) is 10.1 Å². The van der Waals surface area contributed by atoms with Crippen molar-refractivity contribution in [2.75, 3.05) is 5.73 Å². The van der Waals surface area contributed by atoms with Crippen LogP contribution in [0, 0.1) is 12.4 Å². The highest BCUT2D eigenvalue weighted by Gasteiger charge is 2.22. The van der Waals surface area contributed by atoms with Gasteiger partial charge >= 0.3 is 0 Å². The van der Waals surface area contributed by atoms with Crippen LogP contribution in [0.3, 0.4) is 0 Å². The topological polar surface area (TPSA) is 60.6 Å². The van der Waals surface area contributed by atoms with Gasteiger partial charge in [0.25, 0.3) is 0 Å². The zero-order chi connectivity index (χ0) is 20.5. The lowest BCUT2D eigenvalue weighted by Crippen LogP contribution is -2.04. The molecule has 0 aliphatic rings. The zero-order valence-electron chi connectivity index (χ0n) is 15.1. The summed E-state index contributed by atoms with van der Waals surface area (Å²) < 4.78 is 19.0. The molecular weight excluding hydrogens is 391 g/mol. The number of halogens is 2. The van der Waals surface area contributed by atoms with Crippen molar-refractivity contribution < 1.29 is 13.6 Å². The van der Waals surface area contributed by atoms with Gasteiger partial charge in [-0.2, -0.15) is 0 Å². The van der Waals surface area contributed by atoms with E-state index in [1.165, 1.54) is 6.07 Å². The van der Waals surface area contributed by atoms with Crippen molar-refractivity contribution in [2.45, 2.75) is 6.54 Å². The van der Waals surface area contributed by atoms with Gasteiger partial charge in [-0.05, 0) is 47.5 Å². The van der Waals surface area contributed by atoms with Crippen molar-refractivity contribution in [3.63, 3.8) is 0 Å². The second-order valence-corrected chi connectivity index (χ2v) is 6.93. The Morgan fingerprint density at radius 3 is 2.66 bits per heavy atom. The zero-order valence-corrected chi connectivity index (χ0v) is 15.8. The van der Waals surface area contributed by atoms with E-state index in [0.717, 1.165) is 28.8 Å². The lowest BCUT2D eigenvalue weighted by Gasteiger charge is -2.02. The minimum atomic E-state index is -0.533. The molecular formula is C23H14ClFN2O2. The van der Waals surface area contributed by atoms with Gasteiger partial charge in [-0.1, -0.05) is 35.9 Å². The first kappa shape index (κ1) is 18.7. The van der Waals surface area contributed by atoms with E-state index in [9.17, 15) is 9.18 Å². The number of nitrogen functional groups attached to an aromatic ring is 1. The van der Waals surface area contributed by atoms with Crippen LogP contribution in [0.25, 0.3) is 26.9 Å². The van der Waals surface area contributed by atoms with Crippen LogP contribution >= 0.6 is 11.6 Å². The van der Waals surface area contributed by atoms with Gasteiger partial charge < -0.3 is 15.0 Å². The molecule has 0 radical (unpaired) electrons. The normalized spacial score (nSPS) is 10.8. The van der Waals surface area contributed by atoms with Gasteiger partial charge in [0.05, 0.1) is 10.7 Å². The number of furan rings is 1. The molecule has 0 amide bonds. The monoisotopic (exact) mass is 404 g/mol. The van der Waals surface area contributed by atoms with Gasteiger partial charge in [0.2, 0.25) is 12.3 Å². The number of fused-ring (bicyclic) bond motifs is 1. The Bertz CT molecular complexity index is 1300. The Morgan fingerprint density at radius 2 is 1.90 bits per heavy atom. The van der Waals surface area contributed by atoms with E-state index in [0.29, 0.717) is 17.5 Å². The molecule has 0 fully saturated rings. The lowest BCUT2D eigenvalue weighted by molar-refractivity contribution is 0.101. The lowest BCUT2D eigenvalue weighted by atomic mass is 10.0. The summed E-state index contributed by atoms with van der Waals surface area (Å²) in [7, 11) is 0. The van der Waals surface area contributed by atoms with E-state index in [1.54, 1.807) is 12.1 Å². The van der Waals surface area contributed by atoms with E-state index in [1.807, 2.05) is 30.3 Å². The molecule has 0 spiro atoms. The number of ketones is 1. The fraction of sp³-hybridized carbons (Fsp3) is 0.0435. The van der Waals surface area contributed by atoms with Crippen molar-refractivity contribution in [2.24, 2.45) is 0 Å². The summed E-state index contributed by atoms with van der Waals surface area (Å²) in [5, 5.41) is 0.597. The summed E-state index contributed by atoms with van der Waals surface area (Å²) in [5.41, 5.74) is 9.64. The predicted molar refractivity (Wildman–Crippen MR) is 111 cm³/mol. The number of carbonyl (C=O) groups excluding carboxylic acids is 1. The SMILES string of the molecule is [C-]#[N+]Cc1cccc(-c2ccc3c(N)c(C(=O)c4ccc(F)cc4Cl)oc3c2)c1. The Labute approximate surface area is 171 Å². The van der Waals surface area contributed by atoms with Gasteiger partial charge in [-0.25, -0.2) is 11.0 Å². The first-order valence-electron chi connectivity index (χ1n) is 8.72. The minimum absolute atomic E-state index is 0.00725. The standard InChI is InChI=1S/C23H14ClFN2O2/c1-27-12-13-3-2-4-14(9-13)15-5-7-18-20(10-15)29-23(21(18)26)22(28)17-8-6-16(25)11-19(17)24/h2-11H,12,26H2. The molecule has 142 valence electrons. The second-order valence-electron chi connectivity index (χ2n) is 6.53. The summed E-state index contributed by atoms with van der Waals surface area (Å²) in [6, 6.07) is 16.7. The number of benzene rings is 3. The smallest absolute Gasteiger partial charge is 0.239 e. The van der Waals surface area contributed by atoms with Gasteiger partial charge in [-0.15, -0.1) is 0 Å². The maximum Gasteiger partial charge on any atom is 0.239 e. The molecule has 0 unspecified atom stereocenters. The molecule has 0 aliphatic carbocycles. The van der Waals surface area contributed by atoms with Gasteiger partial charge in [0, 0.05) is 16.5 Å². The van der Waals surface area contributed by atoms with Crippen LogP contribution < -0.4 is 5.73 Å². The highest BCUT2D eigenvalue weighted by atomic mass is 35.5. The molecule has 0 bridgehead atoms. The Balaban J connectivity index is 1.77. The fourth-order valence-electron chi connectivity index (χ4n) is 3.20. The summed E-state index contributed by atoms with van der Waals surface area (Å²) >= 11 is 6.01. The van der Waals surface area contributed by atoms with Crippen molar-refractivity contribution in [1.29, 1.82) is 0 Å². The third-order valence-electron chi connectivity index (χ3n) is 4.63. The minimum Gasteiger partial charge on any atom is -0.450 e. The maximum absolute atomic E-state index is 13.3. The average Bonchev–Trinajstić information content (AvgIpc) is 3.04. The largest absolute Gasteiger partial charge is 0.450 e. The number of rotatable bonds is 4. The highest BCUT2D eigenvalue weighted by molar-refractivity contribution is 6.35. The molecule has 4 rings (SSSR count). The van der Waals surface area contributed by atoms with E-state index in [-0.39, 0.29) is 22.0 Å².